The lowest BCUT2D eigenvalue weighted by Gasteiger charge is -2.26. The summed E-state index contributed by atoms with van der Waals surface area (Å²) in [5, 5.41) is 3.00. The lowest BCUT2D eigenvalue weighted by atomic mass is 10.1. The molecule has 3 aromatic rings. The highest BCUT2D eigenvalue weighted by Crippen LogP contribution is 2.30. The zero-order chi connectivity index (χ0) is 22.6. The molecule has 0 spiro atoms. The first kappa shape index (κ1) is 21.7. The van der Waals surface area contributed by atoms with Crippen LogP contribution in [0.4, 0.5) is 5.69 Å². The Morgan fingerprint density at radius 1 is 1.06 bits per heavy atom. The minimum atomic E-state index is -0.0632. The number of oxazole rings is 1. The Hall–Kier alpha value is -3.16. The number of morpholine rings is 1. The van der Waals surface area contributed by atoms with Crippen molar-refractivity contribution < 1.29 is 13.9 Å². The van der Waals surface area contributed by atoms with Crippen LogP contribution in [0.5, 0.6) is 0 Å². The molecule has 0 aliphatic carbocycles. The van der Waals surface area contributed by atoms with Crippen molar-refractivity contribution in [3.63, 3.8) is 0 Å². The van der Waals surface area contributed by atoms with Crippen LogP contribution in [-0.2, 0) is 17.7 Å². The minimum Gasteiger partial charge on any atom is -0.441 e. The first-order chi connectivity index (χ1) is 16.2. The van der Waals surface area contributed by atoms with Gasteiger partial charge in [-0.3, -0.25) is 9.69 Å². The molecular formula is C26H30N4O3. The average Bonchev–Trinajstić information content (AvgIpc) is 3.43. The number of ether oxygens (including phenoxy) is 1. The molecule has 33 heavy (non-hydrogen) atoms. The first-order valence-electron chi connectivity index (χ1n) is 11.7. The summed E-state index contributed by atoms with van der Waals surface area (Å²) in [6.07, 6.45) is 1.07. The Balaban J connectivity index is 1.19. The van der Waals surface area contributed by atoms with Gasteiger partial charge in [0.25, 0.3) is 5.91 Å². The number of amides is 1. The fourth-order valence-corrected chi connectivity index (χ4v) is 4.47. The van der Waals surface area contributed by atoms with Crippen molar-refractivity contribution >= 4 is 11.6 Å². The Bertz CT molecular complexity index is 1100. The van der Waals surface area contributed by atoms with Gasteiger partial charge in [0.1, 0.15) is 11.5 Å². The Morgan fingerprint density at radius 2 is 1.85 bits per heavy atom. The van der Waals surface area contributed by atoms with Crippen LogP contribution in [0.3, 0.4) is 0 Å². The van der Waals surface area contributed by atoms with E-state index >= 15 is 0 Å². The van der Waals surface area contributed by atoms with Gasteiger partial charge in [-0.05, 0) is 49.2 Å². The van der Waals surface area contributed by atoms with Crippen LogP contribution >= 0.6 is 0 Å². The van der Waals surface area contributed by atoms with E-state index in [1.165, 1.54) is 11.3 Å². The molecular weight excluding hydrogens is 416 g/mol. The number of carbonyl (C=O) groups is 1. The Kier molecular flexibility index (Phi) is 6.41. The van der Waals surface area contributed by atoms with Crippen LogP contribution in [0.15, 0.2) is 52.9 Å². The van der Waals surface area contributed by atoms with E-state index < -0.39 is 0 Å². The van der Waals surface area contributed by atoms with Crippen LogP contribution in [-0.4, -0.2) is 61.7 Å². The molecule has 172 valence electrons. The van der Waals surface area contributed by atoms with Gasteiger partial charge in [-0.25, -0.2) is 4.98 Å². The van der Waals surface area contributed by atoms with Gasteiger partial charge in [0, 0.05) is 49.5 Å². The zero-order valence-corrected chi connectivity index (χ0v) is 19.0. The van der Waals surface area contributed by atoms with Gasteiger partial charge in [0.15, 0.2) is 0 Å². The number of benzene rings is 2. The predicted molar refractivity (Wildman–Crippen MR) is 127 cm³/mol. The van der Waals surface area contributed by atoms with Gasteiger partial charge < -0.3 is 19.4 Å². The Labute approximate surface area is 194 Å². The minimum absolute atomic E-state index is 0.0632. The van der Waals surface area contributed by atoms with E-state index in [1.807, 2.05) is 31.2 Å². The molecule has 3 heterocycles. The molecule has 1 fully saturated rings. The molecule has 0 radical (unpaired) electrons. The molecule has 2 aliphatic rings. The molecule has 0 bridgehead atoms. The first-order valence-corrected chi connectivity index (χ1v) is 11.7. The van der Waals surface area contributed by atoms with Crippen molar-refractivity contribution in [3.8, 4) is 11.5 Å². The van der Waals surface area contributed by atoms with Crippen molar-refractivity contribution in [1.82, 2.24) is 15.2 Å². The maximum absolute atomic E-state index is 12.5. The van der Waals surface area contributed by atoms with Crippen LogP contribution in [0.2, 0.25) is 0 Å². The van der Waals surface area contributed by atoms with Crippen LogP contribution in [0.25, 0.3) is 11.5 Å². The van der Waals surface area contributed by atoms with Crippen molar-refractivity contribution in [3.05, 3.63) is 71.1 Å². The molecule has 1 aromatic heterocycles. The number of hydrogen-bond donors (Lipinski definition) is 1. The number of para-hydroxylation sites is 1. The molecule has 0 unspecified atom stereocenters. The van der Waals surface area contributed by atoms with Crippen LogP contribution in [0.1, 0.15) is 27.4 Å². The molecule has 1 N–H and O–H groups in total. The zero-order valence-electron chi connectivity index (χ0n) is 19.0. The second-order valence-corrected chi connectivity index (χ2v) is 8.61. The summed E-state index contributed by atoms with van der Waals surface area (Å²) in [7, 11) is 0. The third-order valence-corrected chi connectivity index (χ3v) is 6.43. The van der Waals surface area contributed by atoms with E-state index in [1.54, 1.807) is 0 Å². The number of aromatic nitrogens is 1. The summed E-state index contributed by atoms with van der Waals surface area (Å²) >= 11 is 0. The molecule has 1 amide bonds. The summed E-state index contributed by atoms with van der Waals surface area (Å²) in [5.74, 6) is 1.36. The second-order valence-electron chi connectivity index (χ2n) is 8.61. The van der Waals surface area contributed by atoms with E-state index in [-0.39, 0.29) is 5.91 Å². The average molecular weight is 447 g/mol. The highest BCUT2D eigenvalue weighted by atomic mass is 16.5. The van der Waals surface area contributed by atoms with E-state index in [9.17, 15) is 4.79 Å². The van der Waals surface area contributed by atoms with Crippen molar-refractivity contribution in [2.75, 3.05) is 50.8 Å². The smallest absolute Gasteiger partial charge is 0.251 e. The highest BCUT2D eigenvalue weighted by molar-refractivity contribution is 5.94. The lowest BCUT2D eigenvalue weighted by Crippen LogP contribution is -2.41. The summed E-state index contributed by atoms with van der Waals surface area (Å²) in [6, 6.07) is 16.0. The number of nitrogens with one attached hydrogen (secondary N) is 1. The van der Waals surface area contributed by atoms with E-state index in [0.717, 1.165) is 69.4 Å². The maximum Gasteiger partial charge on any atom is 0.251 e. The summed E-state index contributed by atoms with van der Waals surface area (Å²) < 4.78 is 11.3. The number of rotatable bonds is 7. The monoisotopic (exact) mass is 446 g/mol. The maximum atomic E-state index is 12.5. The second kappa shape index (κ2) is 9.77. The van der Waals surface area contributed by atoms with Gasteiger partial charge in [0.2, 0.25) is 5.89 Å². The van der Waals surface area contributed by atoms with Gasteiger partial charge in [-0.2, -0.15) is 0 Å². The number of hydrogen-bond acceptors (Lipinski definition) is 6. The number of anilines is 1. The topological polar surface area (TPSA) is 70.8 Å². The number of nitrogens with zero attached hydrogens (tertiary/aromatic N) is 3. The lowest BCUT2D eigenvalue weighted by molar-refractivity contribution is 0.0383. The third kappa shape index (κ3) is 4.94. The standard InChI is InChI=1S/C26H30N4O3/c1-19-23(18-30-12-10-20-4-2-3-5-24(20)30)28-26(33-19)22-8-6-21(7-9-22)25(31)27-11-13-29-14-16-32-17-15-29/h2-9H,10-18H2,1H3,(H,27,31). The third-order valence-electron chi connectivity index (χ3n) is 6.43. The molecule has 0 saturated carbocycles. The largest absolute Gasteiger partial charge is 0.441 e. The summed E-state index contributed by atoms with van der Waals surface area (Å²) in [4.78, 5) is 21.9. The van der Waals surface area contributed by atoms with Gasteiger partial charge in [-0.1, -0.05) is 18.2 Å². The number of carbonyl (C=O) groups excluding carboxylic acids is 1. The molecule has 7 heteroatoms. The van der Waals surface area contributed by atoms with Gasteiger partial charge in [-0.15, -0.1) is 0 Å². The quantitative estimate of drug-likeness (QED) is 0.601. The van der Waals surface area contributed by atoms with Crippen molar-refractivity contribution in [2.45, 2.75) is 19.9 Å². The number of fused-ring (bicyclic) bond motifs is 1. The molecule has 5 rings (SSSR count). The number of aryl methyl sites for hydroxylation is 1. The Morgan fingerprint density at radius 3 is 2.67 bits per heavy atom. The van der Waals surface area contributed by atoms with Gasteiger partial charge in [0.05, 0.1) is 19.8 Å². The molecule has 2 aromatic carbocycles. The highest BCUT2D eigenvalue weighted by Gasteiger charge is 2.21. The van der Waals surface area contributed by atoms with Crippen LogP contribution < -0.4 is 10.2 Å². The molecule has 7 nitrogen and oxygen atoms in total. The van der Waals surface area contributed by atoms with E-state index in [4.69, 9.17) is 14.1 Å². The SMILES string of the molecule is Cc1oc(-c2ccc(C(=O)NCCN3CCOCC3)cc2)nc1CN1CCc2ccccc21. The predicted octanol–water partition coefficient (Wildman–Crippen LogP) is 3.27. The van der Waals surface area contributed by atoms with Gasteiger partial charge >= 0.3 is 0 Å². The van der Waals surface area contributed by atoms with E-state index in [2.05, 4.69) is 39.4 Å². The molecule has 2 aliphatic heterocycles. The fourth-order valence-electron chi connectivity index (χ4n) is 4.47. The summed E-state index contributed by atoms with van der Waals surface area (Å²) in [5.41, 5.74) is 5.13. The summed E-state index contributed by atoms with van der Waals surface area (Å²) in [6.45, 7) is 8.54. The van der Waals surface area contributed by atoms with Crippen molar-refractivity contribution in [1.29, 1.82) is 0 Å². The van der Waals surface area contributed by atoms with Crippen molar-refractivity contribution in [2.24, 2.45) is 0 Å². The molecule has 1 saturated heterocycles. The normalized spacial score (nSPS) is 16.1. The van der Waals surface area contributed by atoms with Crippen LogP contribution in [0, 0.1) is 6.92 Å². The van der Waals surface area contributed by atoms with E-state index in [0.29, 0.717) is 18.0 Å². The fraction of sp³-hybridized carbons (Fsp3) is 0.385. The molecule has 0 atom stereocenters.